The zero-order valence-electron chi connectivity index (χ0n) is 10.6. The second-order valence-electron chi connectivity index (χ2n) is 5.04. The number of aliphatic hydroxyl groups is 3. The monoisotopic (exact) mass is 263 g/mol. The quantitative estimate of drug-likeness (QED) is 0.608. The molecular formula is C14H17NO4. The maximum atomic E-state index is 10.1. The van der Waals surface area contributed by atoms with Crippen molar-refractivity contribution < 1.29 is 20.1 Å². The molecule has 1 saturated heterocycles. The summed E-state index contributed by atoms with van der Waals surface area (Å²) in [5, 5.41) is 30.3. The van der Waals surface area contributed by atoms with Gasteiger partial charge in [0.25, 0.3) is 0 Å². The molecule has 0 spiro atoms. The van der Waals surface area contributed by atoms with Gasteiger partial charge in [-0.15, -0.1) is 0 Å². The number of hydrogen-bond donors (Lipinski definition) is 4. The lowest BCUT2D eigenvalue weighted by atomic mass is 9.94. The molecule has 4 atom stereocenters. The Morgan fingerprint density at radius 2 is 2.00 bits per heavy atom. The van der Waals surface area contributed by atoms with Crippen LogP contribution in [0.15, 0.2) is 24.4 Å². The first-order valence-corrected chi connectivity index (χ1v) is 6.32. The van der Waals surface area contributed by atoms with Gasteiger partial charge in [0.1, 0.15) is 24.4 Å². The highest BCUT2D eigenvalue weighted by Crippen LogP contribution is 2.34. The molecule has 0 bridgehead atoms. The third-order valence-electron chi connectivity index (χ3n) is 3.76. The summed E-state index contributed by atoms with van der Waals surface area (Å²) in [6.45, 7) is 2.01. The number of aliphatic hydroxyl groups excluding tert-OH is 3. The molecule has 19 heavy (non-hydrogen) atoms. The van der Waals surface area contributed by atoms with Crippen LogP contribution in [0.2, 0.25) is 0 Å². The summed E-state index contributed by atoms with van der Waals surface area (Å²) < 4.78 is 5.49. The topological polar surface area (TPSA) is 85.7 Å². The summed E-state index contributed by atoms with van der Waals surface area (Å²) in [4.78, 5) is 3.17. The number of hydrogen-bond acceptors (Lipinski definition) is 4. The van der Waals surface area contributed by atoms with Gasteiger partial charge in [0, 0.05) is 22.7 Å². The molecule has 0 saturated carbocycles. The van der Waals surface area contributed by atoms with E-state index in [1.807, 2.05) is 25.1 Å². The van der Waals surface area contributed by atoms with Crippen LogP contribution in [0, 0.1) is 6.92 Å². The predicted molar refractivity (Wildman–Crippen MR) is 69.7 cm³/mol. The van der Waals surface area contributed by atoms with E-state index >= 15 is 0 Å². The van der Waals surface area contributed by atoms with Crippen molar-refractivity contribution in [1.82, 2.24) is 4.98 Å². The molecule has 3 rings (SSSR count). The minimum Gasteiger partial charge on any atom is -0.388 e. The van der Waals surface area contributed by atoms with Crippen LogP contribution in [-0.4, -0.2) is 45.2 Å². The molecule has 0 unspecified atom stereocenters. The standard InChI is InChI=1S/C14H17NO4/c1-7-3-2-4-8-9(5-15-11(7)8)14-13(18)12(17)10(16)6-19-14/h2-5,10,12-18H,6H2,1H3/t10-,12+,13-,14+/m1/s1. The van der Waals surface area contributed by atoms with Gasteiger partial charge in [-0.1, -0.05) is 18.2 Å². The Balaban J connectivity index is 2.03. The lowest BCUT2D eigenvalue weighted by Crippen LogP contribution is -2.48. The normalized spacial score (nSPS) is 31.8. The predicted octanol–water partition coefficient (Wildman–Crippen LogP) is 0.630. The number of benzene rings is 1. The summed E-state index contributed by atoms with van der Waals surface area (Å²) in [5.41, 5.74) is 2.90. The van der Waals surface area contributed by atoms with Crippen molar-refractivity contribution in [2.75, 3.05) is 6.61 Å². The van der Waals surface area contributed by atoms with E-state index < -0.39 is 24.4 Å². The van der Waals surface area contributed by atoms with Crippen molar-refractivity contribution in [3.63, 3.8) is 0 Å². The van der Waals surface area contributed by atoms with Crippen LogP contribution in [0.1, 0.15) is 17.2 Å². The summed E-state index contributed by atoms with van der Waals surface area (Å²) in [6, 6.07) is 5.89. The fourth-order valence-electron chi connectivity index (χ4n) is 2.64. The van der Waals surface area contributed by atoms with E-state index in [2.05, 4.69) is 4.98 Å². The Hall–Kier alpha value is -1.40. The average Bonchev–Trinajstić information content (AvgIpc) is 2.82. The van der Waals surface area contributed by atoms with Crippen LogP contribution in [0.3, 0.4) is 0 Å². The van der Waals surface area contributed by atoms with E-state index in [9.17, 15) is 15.3 Å². The van der Waals surface area contributed by atoms with E-state index in [4.69, 9.17) is 4.74 Å². The molecule has 5 nitrogen and oxygen atoms in total. The number of aryl methyl sites for hydroxylation is 1. The molecule has 1 fully saturated rings. The lowest BCUT2D eigenvalue weighted by molar-refractivity contribution is -0.188. The maximum absolute atomic E-state index is 10.1. The molecule has 2 aromatic rings. The van der Waals surface area contributed by atoms with Gasteiger partial charge < -0.3 is 25.0 Å². The first-order chi connectivity index (χ1) is 9.09. The summed E-state index contributed by atoms with van der Waals surface area (Å²) in [7, 11) is 0. The highest BCUT2D eigenvalue weighted by molar-refractivity contribution is 5.86. The Morgan fingerprint density at radius 3 is 2.79 bits per heavy atom. The Bertz CT molecular complexity index is 594. The van der Waals surface area contributed by atoms with Gasteiger partial charge >= 0.3 is 0 Å². The minimum absolute atomic E-state index is 0.0153. The van der Waals surface area contributed by atoms with Gasteiger partial charge in [-0.2, -0.15) is 0 Å². The second kappa shape index (κ2) is 4.61. The van der Waals surface area contributed by atoms with Crippen LogP contribution in [0.5, 0.6) is 0 Å². The number of aromatic nitrogens is 1. The van der Waals surface area contributed by atoms with E-state index in [0.29, 0.717) is 0 Å². The number of aromatic amines is 1. The van der Waals surface area contributed by atoms with Crippen molar-refractivity contribution in [3.05, 3.63) is 35.5 Å². The molecule has 0 aliphatic carbocycles. The third-order valence-corrected chi connectivity index (χ3v) is 3.76. The maximum Gasteiger partial charge on any atom is 0.113 e. The third kappa shape index (κ3) is 1.95. The van der Waals surface area contributed by atoms with E-state index in [0.717, 1.165) is 22.0 Å². The number of rotatable bonds is 1. The van der Waals surface area contributed by atoms with Crippen molar-refractivity contribution in [1.29, 1.82) is 0 Å². The fourth-order valence-corrected chi connectivity index (χ4v) is 2.64. The van der Waals surface area contributed by atoms with Crippen LogP contribution >= 0.6 is 0 Å². The molecule has 1 aliphatic rings. The minimum atomic E-state index is -1.19. The number of nitrogens with one attached hydrogen (secondary N) is 1. The Labute approximate surface area is 110 Å². The van der Waals surface area contributed by atoms with Crippen LogP contribution in [0.25, 0.3) is 10.9 Å². The molecule has 1 aliphatic heterocycles. The van der Waals surface area contributed by atoms with E-state index in [-0.39, 0.29) is 6.61 Å². The molecule has 102 valence electrons. The second-order valence-corrected chi connectivity index (χ2v) is 5.04. The molecule has 4 N–H and O–H groups in total. The van der Waals surface area contributed by atoms with E-state index in [1.54, 1.807) is 6.20 Å². The highest BCUT2D eigenvalue weighted by Gasteiger charge is 2.39. The number of H-pyrrole nitrogens is 1. The van der Waals surface area contributed by atoms with Gasteiger partial charge in [-0.25, -0.2) is 0 Å². The SMILES string of the molecule is Cc1cccc2c([C@@H]3OC[C@@H](O)[C@H](O)[C@H]3O)c[nH]c12. The Kier molecular flexibility index (Phi) is 3.06. The van der Waals surface area contributed by atoms with Crippen LogP contribution < -0.4 is 0 Å². The highest BCUT2D eigenvalue weighted by atomic mass is 16.5. The fraction of sp³-hybridized carbons (Fsp3) is 0.429. The molecular weight excluding hydrogens is 246 g/mol. The number of ether oxygens (including phenoxy) is 1. The molecule has 1 aromatic heterocycles. The molecule has 1 aromatic carbocycles. The van der Waals surface area contributed by atoms with Crippen LogP contribution in [0.4, 0.5) is 0 Å². The summed E-state index contributed by atoms with van der Waals surface area (Å²) in [6.07, 6.45) is -2.21. The van der Waals surface area contributed by atoms with Gasteiger partial charge in [-0.3, -0.25) is 0 Å². The first kappa shape index (κ1) is 12.6. The van der Waals surface area contributed by atoms with Crippen molar-refractivity contribution in [3.8, 4) is 0 Å². The van der Waals surface area contributed by atoms with Crippen LogP contribution in [-0.2, 0) is 4.74 Å². The Morgan fingerprint density at radius 1 is 1.21 bits per heavy atom. The smallest absolute Gasteiger partial charge is 0.113 e. The number of fused-ring (bicyclic) bond motifs is 1. The van der Waals surface area contributed by atoms with Gasteiger partial charge in [0.15, 0.2) is 0 Å². The zero-order chi connectivity index (χ0) is 13.6. The van der Waals surface area contributed by atoms with Crippen molar-refractivity contribution in [2.45, 2.75) is 31.3 Å². The van der Waals surface area contributed by atoms with Crippen molar-refractivity contribution in [2.24, 2.45) is 0 Å². The number of para-hydroxylation sites is 1. The van der Waals surface area contributed by atoms with Crippen molar-refractivity contribution >= 4 is 10.9 Å². The zero-order valence-corrected chi connectivity index (χ0v) is 10.6. The molecule has 0 amide bonds. The first-order valence-electron chi connectivity index (χ1n) is 6.32. The summed E-state index contributed by atoms with van der Waals surface area (Å²) >= 11 is 0. The summed E-state index contributed by atoms with van der Waals surface area (Å²) in [5.74, 6) is 0. The average molecular weight is 263 g/mol. The largest absolute Gasteiger partial charge is 0.388 e. The van der Waals surface area contributed by atoms with Gasteiger partial charge in [0.2, 0.25) is 0 Å². The molecule has 0 radical (unpaired) electrons. The van der Waals surface area contributed by atoms with Gasteiger partial charge in [0.05, 0.1) is 6.61 Å². The molecule has 2 heterocycles. The molecule has 5 heteroatoms. The lowest BCUT2D eigenvalue weighted by Gasteiger charge is -2.35. The van der Waals surface area contributed by atoms with E-state index in [1.165, 1.54) is 0 Å². The van der Waals surface area contributed by atoms with Gasteiger partial charge in [-0.05, 0) is 12.5 Å².